The topological polar surface area (TPSA) is 77.1 Å². The molecular formula is C13H11Br2N3O2. The summed E-state index contributed by atoms with van der Waals surface area (Å²) >= 11 is 6.42. The molecule has 0 atom stereocenters. The fourth-order valence-corrected chi connectivity index (χ4v) is 2.90. The van der Waals surface area contributed by atoms with Crippen LogP contribution in [0.3, 0.4) is 0 Å². The van der Waals surface area contributed by atoms with Gasteiger partial charge in [-0.05, 0) is 50.1 Å². The number of hydrogen-bond donors (Lipinski definition) is 2. The van der Waals surface area contributed by atoms with Crippen LogP contribution in [0.2, 0.25) is 0 Å². The van der Waals surface area contributed by atoms with Gasteiger partial charge in [0.1, 0.15) is 6.54 Å². The lowest BCUT2D eigenvalue weighted by molar-refractivity contribution is -0.116. The highest BCUT2D eigenvalue weighted by Gasteiger charge is 2.09. The maximum absolute atomic E-state index is 12.0. The minimum atomic E-state index is -0.324. The number of anilines is 2. The number of halogens is 2. The van der Waals surface area contributed by atoms with Gasteiger partial charge in [0.05, 0.1) is 15.8 Å². The predicted octanol–water partition coefficient (Wildman–Crippen LogP) is 2.59. The van der Waals surface area contributed by atoms with Crippen LogP contribution in [0.25, 0.3) is 0 Å². The van der Waals surface area contributed by atoms with Gasteiger partial charge in [0, 0.05) is 10.7 Å². The Morgan fingerprint density at radius 3 is 2.70 bits per heavy atom. The second-order valence-corrected chi connectivity index (χ2v) is 5.84. The summed E-state index contributed by atoms with van der Waals surface area (Å²) in [6, 6.07) is 8.57. The molecule has 0 spiro atoms. The summed E-state index contributed by atoms with van der Waals surface area (Å²) in [7, 11) is 0. The van der Waals surface area contributed by atoms with Gasteiger partial charge in [0.2, 0.25) is 5.91 Å². The number of rotatable bonds is 3. The Morgan fingerprint density at radius 1 is 1.30 bits per heavy atom. The van der Waals surface area contributed by atoms with Crippen LogP contribution < -0.4 is 16.6 Å². The van der Waals surface area contributed by atoms with E-state index in [9.17, 15) is 9.59 Å². The van der Waals surface area contributed by atoms with Crippen LogP contribution in [0.4, 0.5) is 11.4 Å². The van der Waals surface area contributed by atoms with E-state index in [0.717, 1.165) is 0 Å². The molecule has 0 bridgehead atoms. The van der Waals surface area contributed by atoms with E-state index < -0.39 is 0 Å². The van der Waals surface area contributed by atoms with Gasteiger partial charge < -0.3 is 15.6 Å². The summed E-state index contributed by atoms with van der Waals surface area (Å²) in [6.45, 7) is -0.0921. The average Bonchev–Trinajstić information content (AvgIpc) is 2.38. The van der Waals surface area contributed by atoms with E-state index in [4.69, 9.17) is 5.73 Å². The molecule has 1 heterocycles. The molecule has 0 aliphatic heterocycles. The van der Waals surface area contributed by atoms with Crippen molar-refractivity contribution in [2.24, 2.45) is 0 Å². The smallest absolute Gasteiger partial charge is 0.265 e. The van der Waals surface area contributed by atoms with E-state index in [2.05, 4.69) is 37.2 Å². The molecule has 104 valence electrons. The highest BCUT2D eigenvalue weighted by Crippen LogP contribution is 2.17. The van der Waals surface area contributed by atoms with Crippen LogP contribution in [0.15, 0.2) is 50.3 Å². The molecular weight excluding hydrogens is 390 g/mol. The number of amides is 1. The monoisotopic (exact) mass is 399 g/mol. The molecule has 0 aliphatic carbocycles. The number of nitrogens with two attached hydrogens (primary N) is 1. The van der Waals surface area contributed by atoms with Gasteiger partial charge in [-0.1, -0.05) is 12.1 Å². The first-order valence-electron chi connectivity index (χ1n) is 5.67. The molecule has 0 saturated heterocycles. The van der Waals surface area contributed by atoms with Crippen LogP contribution in [0.5, 0.6) is 0 Å². The zero-order valence-electron chi connectivity index (χ0n) is 10.3. The number of nitrogens with one attached hydrogen (secondary N) is 1. The van der Waals surface area contributed by atoms with E-state index in [1.807, 2.05) is 0 Å². The SMILES string of the molecule is Nc1ccccc1NC(=O)Cn1cc(Br)cc(Br)c1=O. The average molecular weight is 401 g/mol. The van der Waals surface area contributed by atoms with Crippen molar-refractivity contribution in [3.8, 4) is 0 Å². The fraction of sp³-hybridized carbons (Fsp3) is 0.0769. The number of benzene rings is 1. The van der Waals surface area contributed by atoms with Crippen LogP contribution in [-0.2, 0) is 11.3 Å². The van der Waals surface area contributed by atoms with Crippen molar-refractivity contribution in [2.45, 2.75) is 6.54 Å². The molecule has 1 aromatic carbocycles. The molecule has 0 saturated carbocycles. The van der Waals surface area contributed by atoms with Gasteiger partial charge in [-0.15, -0.1) is 0 Å². The van der Waals surface area contributed by atoms with Crippen LogP contribution in [0, 0.1) is 0 Å². The number of nitrogen functional groups attached to an aromatic ring is 1. The van der Waals surface area contributed by atoms with Gasteiger partial charge in [-0.3, -0.25) is 9.59 Å². The zero-order valence-corrected chi connectivity index (χ0v) is 13.4. The van der Waals surface area contributed by atoms with E-state index in [-0.39, 0.29) is 18.0 Å². The zero-order chi connectivity index (χ0) is 14.7. The van der Waals surface area contributed by atoms with Crippen LogP contribution in [0.1, 0.15) is 0 Å². The van der Waals surface area contributed by atoms with Crippen molar-refractivity contribution < 1.29 is 4.79 Å². The fourth-order valence-electron chi connectivity index (χ4n) is 1.64. The Bertz CT molecular complexity index is 713. The number of aromatic nitrogens is 1. The first kappa shape index (κ1) is 14.8. The summed E-state index contributed by atoms with van der Waals surface area (Å²) in [6.07, 6.45) is 1.56. The van der Waals surface area contributed by atoms with Gasteiger partial charge in [-0.25, -0.2) is 0 Å². The van der Waals surface area contributed by atoms with Gasteiger partial charge in [0.25, 0.3) is 5.56 Å². The first-order chi connectivity index (χ1) is 9.47. The Balaban J connectivity index is 2.17. The lowest BCUT2D eigenvalue weighted by Crippen LogP contribution is -2.27. The third-order valence-electron chi connectivity index (χ3n) is 2.56. The summed E-state index contributed by atoms with van der Waals surface area (Å²) in [5.41, 5.74) is 6.47. The highest BCUT2D eigenvalue weighted by atomic mass is 79.9. The van der Waals surface area contributed by atoms with Gasteiger partial charge >= 0.3 is 0 Å². The predicted molar refractivity (Wildman–Crippen MR) is 85.6 cm³/mol. The van der Waals surface area contributed by atoms with Crippen molar-refractivity contribution in [1.82, 2.24) is 4.57 Å². The summed E-state index contributed by atoms with van der Waals surface area (Å²) in [5, 5.41) is 2.67. The Kier molecular flexibility index (Phi) is 4.61. The van der Waals surface area contributed by atoms with Crippen molar-refractivity contribution in [2.75, 3.05) is 11.1 Å². The first-order valence-corrected chi connectivity index (χ1v) is 7.26. The van der Waals surface area contributed by atoms with E-state index >= 15 is 0 Å². The number of para-hydroxylation sites is 2. The molecule has 0 fully saturated rings. The maximum Gasteiger partial charge on any atom is 0.265 e. The standard InChI is InChI=1S/C13H11Br2N3O2/c14-8-5-9(15)13(20)18(6-8)7-12(19)17-11-4-2-1-3-10(11)16/h1-6H,7,16H2,(H,17,19). The van der Waals surface area contributed by atoms with Gasteiger partial charge in [0.15, 0.2) is 0 Å². The Hall–Kier alpha value is -1.60. The number of hydrogen-bond acceptors (Lipinski definition) is 3. The molecule has 2 aromatic rings. The molecule has 5 nitrogen and oxygen atoms in total. The summed E-state index contributed by atoms with van der Waals surface area (Å²) in [4.78, 5) is 23.8. The van der Waals surface area contributed by atoms with Gasteiger partial charge in [-0.2, -0.15) is 0 Å². The highest BCUT2D eigenvalue weighted by molar-refractivity contribution is 9.11. The molecule has 0 radical (unpaired) electrons. The Morgan fingerprint density at radius 2 is 2.00 bits per heavy atom. The van der Waals surface area contributed by atoms with Crippen molar-refractivity contribution in [3.05, 3.63) is 55.8 Å². The van der Waals surface area contributed by atoms with Crippen LogP contribution >= 0.6 is 31.9 Å². The molecule has 7 heteroatoms. The largest absolute Gasteiger partial charge is 0.397 e. The molecule has 1 amide bonds. The Labute approximate surface area is 132 Å². The minimum Gasteiger partial charge on any atom is -0.397 e. The number of pyridine rings is 1. The lowest BCUT2D eigenvalue weighted by Gasteiger charge is -2.10. The second-order valence-electron chi connectivity index (χ2n) is 4.07. The van der Waals surface area contributed by atoms with Crippen molar-refractivity contribution >= 4 is 49.1 Å². The van der Waals surface area contributed by atoms with E-state index in [1.165, 1.54) is 4.57 Å². The third-order valence-corrected chi connectivity index (χ3v) is 3.56. The summed E-state index contributed by atoms with van der Waals surface area (Å²) in [5.74, 6) is -0.324. The van der Waals surface area contributed by atoms with E-state index in [1.54, 1.807) is 36.5 Å². The molecule has 0 aliphatic rings. The molecule has 2 rings (SSSR count). The quantitative estimate of drug-likeness (QED) is 0.777. The third kappa shape index (κ3) is 3.49. The van der Waals surface area contributed by atoms with E-state index in [0.29, 0.717) is 20.3 Å². The maximum atomic E-state index is 12.0. The van der Waals surface area contributed by atoms with Crippen LogP contribution in [-0.4, -0.2) is 10.5 Å². The molecule has 1 aromatic heterocycles. The minimum absolute atomic E-state index is 0.0921. The number of carbonyl (C=O) groups excluding carboxylic acids is 1. The number of carbonyl (C=O) groups is 1. The second kappa shape index (κ2) is 6.23. The summed E-state index contributed by atoms with van der Waals surface area (Å²) < 4.78 is 2.40. The normalized spacial score (nSPS) is 10.3. The lowest BCUT2D eigenvalue weighted by atomic mass is 10.2. The molecule has 3 N–H and O–H groups in total. The van der Waals surface area contributed by atoms with Crippen molar-refractivity contribution in [3.63, 3.8) is 0 Å². The molecule has 0 unspecified atom stereocenters. The number of nitrogens with zero attached hydrogens (tertiary/aromatic N) is 1. The molecule has 20 heavy (non-hydrogen) atoms. The van der Waals surface area contributed by atoms with Crippen molar-refractivity contribution in [1.29, 1.82) is 0 Å².